The molecule has 1 aliphatic rings. The van der Waals surface area contributed by atoms with Crippen LogP contribution >= 0.6 is 0 Å². The zero-order valence-corrected chi connectivity index (χ0v) is 20.2. The van der Waals surface area contributed by atoms with E-state index in [4.69, 9.17) is 14.2 Å². The first-order chi connectivity index (χ1) is 17.0. The van der Waals surface area contributed by atoms with E-state index in [1.165, 1.54) is 11.1 Å². The van der Waals surface area contributed by atoms with Crippen molar-refractivity contribution in [3.8, 4) is 23.3 Å². The highest BCUT2D eigenvalue weighted by Crippen LogP contribution is 2.31. The van der Waals surface area contributed by atoms with Gasteiger partial charge in [-0.15, -0.1) is 0 Å². The summed E-state index contributed by atoms with van der Waals surface area (Å²) in [6, 6.07) is 21.1. The number of anilines is 1. The van der Waals surface area contributed by atoms with Crippen LogP contribution < -0.4 is 19.1 Å². The summed E-state index contributed by atoms with van der Waals surface area (Å²) in [6.07, 6.45) is 2.37. The Bertz CT molecular complexity index is 1310. The van der Waals surface area contributed by atoms with Gasteiger partial charge in [-0.05, 0) is 78.9 Å². The Hall–Kier alpha value is -4.24. The molecule has 0 aliphatic carbocycles. The molecule has 1 amide bonds. The first kappa shape index (κ1) is 23.9. The summed E-state index contributed by atoms with van der Waals surface area (Å²) in [5.74, 6) is 1.58. The van der Waals surface area contributed by atoms with Crippen LogP contribution in [0.3, 0.4) is 0 Å². The molecular formula is C29H28N2O4. The minimum atomic E-state index is -0.305. The molecule has 3 aromatic rings. The number of rotatable bonds is 8. The third-order valence-electron chi connectivity index (χ3n) is 6.07. The van der Waals surface area contributed by atoms with Crippen molar-refractivity contribution in [2.75, 3.05) is 31.8 Å². The first-order valence-electron chi connectivity index (χ1n) is 11.5. The number of nitriles is 1. The lowest BCUT2D eigenvalue weighted by atomic mass is 10.1. The fraction of sp³-hybridized carbons (Fsp3) is 0.241. The van der Waals surface area contributed by atoms with E-state index in [2.05, 4.69) is 19.9 Å². The number of methoxy groups -OCH3 is 1. The van der Waals surface area contributed by atoms with Crippen LogP contribution in [0.1, 0.15) is 22.3 Å². The Morgan fingerprint density at radius 3 is 2.57 bits per heavy atom. The van der Waals surface area contributed by atoms with Crippen molar-refractivity contribution in [2.45, 2.75) is 20.3 Å². The molecule has 1 heterocycles. The lowest BCUT2D eigenvalue weighted by Crippen LogP contribution is -2.29. The third kappa shape index (κ3) is 5.47. The van der Waals surface area contributed by atoms with Gasteiger partial charge in [-0.2, -0.15) is 5.26 Å². The predicted octanol–water partition coefficient (Wildman–Crippen LogP) is 5.27. The molecule has 6 heteroatoms. The number of fused-ring (bicyclic) bond motifs is 1. The number of hydrogen-bond acceptors (Lipinski definition) is 5. The number of amides is 1. The van der Waals surface area contributed by atoms with E-state index in [9.17, 15) is 10.1 Å². The van der Waals surface area contributed by atoms with Gasteiger partial charge < -0.3 is 19.1 Å². The van der Waals surface area contributed by atoms with Gasteiger partial charge in [-0.3, -0.25) is 4.79 Å². The minimum absolute atomic E-state index is 0.0687. The van der Waals surface area contributed by atoms with Crippen molar-refractivity contribution in [1.29, 1.82) is 5.26 Å². The van der Waals surface area contributed by atoms with Crippen LogP contribution in [0.4, 0.5) is 5.69 Å². The minimum Gasteiger partial charge on any atom is -0.493 e. The Balaban J connectivity index is 1.41. The van der Waals surface area contributed by atoms with E-state index in [1.54, 1.807) is 36.3 Å². The number of para-hydroxylation sites is 1. The molecule has 0 saturated heterocycles. The van der Waals surface area contributed by atoms with Crippen molar-refractivity contribution in [3.05, 3.63) is 88.5 Å². The number of carbonyl (C=O) groups is 1. The maximum atomic E-state index is 13.1. The van der Waals surface area contributed by atoms with Gasteiger partial charge in [0.2, 0.25) is 0 Å². The molecule has 4 rings (SSSR count). The maximum absolute atomic E-state index is 13.1. The summed E-state index contributed by atoms with van der Waals surface area (Å²) in [5, 5.41) is 9.68. The highest BCUT2D eigenvalue weighted by Gasteiger charge is 2.26. The molecule has 0 atom stereocenters. The molecule has 0 unspecified atom stereocenters. The molecule has 1 aliphatic heterocycles. The van der Waals surface area contributed by atoms with E-state index < -0.39 is 0 Å². The second-order valence-corrected chi connectivity index (χ2v) is 8.36. The maximum Gasteiger partial charge on any atom is 0.268 e. The predicted molar refractivity (Wildman–Crippen MR) is 136 cm³/mol. The third-order valence-corrected chi connectivity index (χ3v) is 6.07. The average molecular weight is 469 g/mol. The van der Waals surface area contributed by atoms with Crippen LogP contribution in [-0.2, 0) is 11.2 Å². The molecule has 178 valence electrons. The Labute approximate surface area is 206 Å². The molecular weight excluding hydrogens is 440 g/mol. The van der Waals surface area contributed by atoms with Crippen molar-refractivity contribution in [1.82, 2.24) is 0 Å². The molecule has 0 N–H and O–H groups in total. The first-order valence-corrected chi connectivity index (χ1v) is 11.5. The van der Waals surface area contributed by atoms with Gasteiger partial charge in [0.25, 0.3) is 5.91 Å². The summed E-state index contributed by atoms with van der Waals surface area (Å²) < 4.78 is 17.1. The molecule has 0 bridgehead atoms. The number of nitrogens with zero attached hydrogens (tertiary/aromatic N) is 2. The summed E-state index contributed by atoms with van der Waals surface area (Å²) in [7, 11) is 1.55. The second-order valence-electron chi connectivity index (χ2n) is 8.36. The quantitative estimate of drug-likeness (QED) is 0.256. The Morgan fingerprint density at radius 1 is 1.00 bits per heavy atom. The average Bonchev–Trinajstić information content (AvgIpc) is 3.31. The molecule has 0 fully saturated rings. The second kappa shape index (κ2) is 10.8. The summed E-state index contributed by atoms with van der Waals surface area (Å²) >= 11 is 0. The van der Waals surface area contributed by atoms with Gasteiger partial charge in [0, 0.05) is 12.2 Å². The van der Waals surface area contributed by atoms with Crippen LogP contribution in [0.5, 0.6) is 17.2 Å². The summed E-state index contributed by atoms with van der Waals surface area (Å²) in [5.41, 5.74) is 5.12. The highest BCUT2D eigenvalue weighted by atomic mass is 16.5. The van der Waals surface area contributed by atoms with Crippen LogP contribution in [0.25, 0.3) is 6.08 Å². The normalized spacial score (nSPS) is 12.6. The molecule has 0 aromatic heterocycles. The van der Waals surface area contributed by atoms with Gasteiger partial charge in [-0.1, -0.05) is 30.3 Å². The van der Waals surface area contributed by atoms with Gasteiger partial charge in [0.05, 0.1) is 7.11 Å². The lowest BCUT2D eigenvalue weighted by Gasteiger charge is -2.16. The SMILES string of the molecule is COc1cc(/C=C(\C#N)C(=O)N2CCc3ccccc32)ccc1OCCOc1ccc(C)c(C)c1. The van der Waals surface area contributed by atoms with E-state index in [-0.39, 0.29) is 11.5 Å². The van der Waals surface area contributed by atoms with Crippen LogP contribution in [0, 0.1) is 25.2 Å². The number of benzene rings is 3. The fourth-order valence-electron chi connectivity index (χ4n) is 4.01. The van der Waals surface area contributed by atoms with E-state index in [0.29, 0.717) is 36.8 Å². The molecule has 0 radical (unpaired) electrons. The van der Waals surface area contributed by atoms with Crippen molar-refractivity contribution >= 4 is 17.7 Å². The van der Waals surface area contributed by atoms with E-state index >= 15 is 0 Å². The van der Waals surface area contributed by atoms with Crippen molar-refractivity contribution in [2.24, 2.45) is 0 Å². The Morgan fingerprint density at radius 2 is 1.80 bits per heavy atom. The van der Waals surface area contributed by atoms with E-state index in [0.717, 1.165) is 23.4 Å². The van der Waals surface area contributed by atoms with Crippen LogP contribution in [0.15, 0.2) is 66.2 Å². The molecule has 0 saturated carbocycles. The smallest absolute Gasteiger partial charge is 0.268 e. The van der Waals surface area contributed by atoms with Crippen LogP contribution in [0.2, 0.25) is 0 Å². The fourth-order valence-corrected chi connectivity index (χ4v) is 4.01. The Kier molecular flexibility index (Phi) is 7.37. The molecule has 35 heavy (non-hydrogen) atoms. The number of ether oxygens (including phenoxy) is 3. The molecule has 0 spiro atoms. The largest absolute Gasteiger partial charge is 0.493 e. The van der Waals surface area contributed by atoms with E-state index in [1.807, 2.05) is 42.5 Å². The van der Waals surface area contributed by atoms with Gasteiger partial charge in [-0.25, -0.2) is 0 Å². The van der Waals surface area contributed by atoms with Gasteiger partial charge in [0.15, 0.2) is 11.5 Å². The highest BCUT2D eigenvalue weighted by molar-refractivity contribution is 6.12. The number of aryl methyl sites for hydroxylation is 2. The molecule has 3 aromatic carbocycles. The number of carbonyl (C=O) groups excluding carboxylic acids is 1. The topological polar surface area (TPSA) is 71.8 Å². The zero-order valence-electron chi connectivity index (χ0n) is 20.2. The van der Waals surface area contributed by atoms with Crippen molar-refractivity contribution < 1.29 is 19.0 Å². The van der Waals surface area contributed by atoms with Crippen LogP contribution in [-0.4, -0.2) is 32.8 Å². The monoisotopic (exact) mass is 468 g/mol. The standard InChI is InChI=1S/C29H28N2O4/c1-20-8-10-25(16-21(20)2)34-14-15-35-27-11-9-22(18-28(27)33-3)17-24(19-30)29(32)31-13-12-23-6-4-5-7-26(23)31/h4-11,16-18H,12-15H2,1-3H3/b24-17+. The zero-order chi connectivity index (χ0) is 24.8. The lowest BCUT2D eigenvalue weighted by molar-refractivity contribution is -0.114. The van der Waals surface area contributed by atoms with Crippen molar-refractivity contribution in [3.63, 3.8) is 0 Å². The van der Waals surface area contributed by atoms with Gasteiger partial charge >= 0.3 is 0 Å². The molecule has 6 nitrogen and oxygen atoms in total. The number of hydrogen-bond donors (Lipinski definition) is 0. The summed E-state index contributed by atoms with van der Waals surface area (Å²) in [6.45, 7) is 5.41. The summed E-state index contributed by atoms with van der Waals surface area (Å²) in [4.78, 5) is 14.7. The van der Waals surface area contributed by atoms with Gasteiger partial charge in [0.1, 0.15) is 30.6 Å².